The molecule has 0 aromatic carbocycles. The van der Waals surface area contributed by atoms with Crippen LogP contribution in [0, 0.1) is 0 Å². The van der Waals surface area contributed by atoms with E-state index >= 15 is 0 Å². The van der Waals surface area contributed by atoms with Gasteiger partial charge in [0, 0.05) is 0 Å². The van der Waals surface area contributed by atoms with Crippen molar-refractivity contribution in [2.75, 3.05) is 0 Å². The zero-order chi connectivity index (χ0) is 8.53. The zero-order valence-electron chi connectivity index (χ0n) is 6.96. The monoisotopic (exact) mass is 146 g/mol. The van der Waals surface area contributed by atoms with Crippen LogP contribution in [-0.2, 0) is 0 Å². The highest BCUT2D eigenvalue weighted by molar-refractivity contribution is 5.24. The van der Waals surface area contributed by atoms with Crippen LogP contribution in [0.4, 0.5) is 0 Å². The van der Waals surface area contributed by atoms with E-state index in [0.29, 0.717) is 0 Å². The summed E-state index contributed by atoms with van der Waals surface area (Å²) in [6.45, 7) is 9.19. The van der Waals surface area contributed by atoms with Gasteiger partial charge in [0.2, 0.25) is 0 Å². The molecule has 0 radical (unpaired) electrons. The van der Waals surface area contributed by atoms with Gasteiger partial charge in [-0.25, -0.2) is 0 Å². The molecule has 0 saturated carbocycles. The molecule has 0 heteroatoms. The van der Waals surface area contributed by atoms with Gasteiger partial charge in [-0.1, -0.05) is 61.3 Å². The first-order valence-electron chi connectivity index (χ1n) is 3.56. The van der Waals surface area contributed by atoms with E-state index in [1.165, 1.54) is 5.57 Å². The molecule has 0 heterocycles. The first-order valence-corrected chi connectivity index (χ1v) is 3.56. The predicted molar refractivity (Wildman–Crippen MR) is 52.4 cm³/mol. The molecule has 0 spiro atoms. The van der Waals surface area contributed by atoms with Crippen molar-refractivity contribution < 1.29 is 0 Å². The summed E-state index contributed by atoms with van der Waals surface area (Å²) in [7, 11) is 0. The first kappa shape index (κ1) is 9.70. The van der Waals surface area contributed by atoms with Crippen LogP contribution in [0.1, 0.15) is 6.92 Å². The third-order valence-electron chi connectivity index (χ3n) is 1.10. The summed E-state index contributed by atoms with van der Waals surface area (Å²) < 4.78 is 0. The lowest BCUT2D eigenvalue weighted by atomic mass is 10.2. The highest BCUT2D eigenvalue weighted by Crippen LogP contribution is 1.94. The molecule has 0 rings (SSSR count). The van der Waals surface area contributed by atoms with Crippen molar-refractivity contribution in [2.45, 2.75) is 6.92 Å². The quantitative estimate of drug-likeness (QED) is 0.533. The maximum atomic E-state index is 3.60. The van der Waals surface area contributed by atoms with E-state index in [4.69, 9.17) is 0 Å². The van der Waals surface area contributed by atoms with Crippen molar-refractivity contribution >= 4 is 0 Å². The van der Waals surface area contributed by atoms with Crippen molar-refractivity contribution in [3.05, 3.63) is 61.3 Å². The molecule has 0 aromatic heterocycles. The third kappa shape index (κ3) is 6.59. The van der Waals surface area contributed by atoms with Crippen molar-refractivity contribution in [1.29, 1.82) is 0 Å². The van der Waals surface area contributed by atoms with E-state index in [0.717, 1.165) is 0 Å². The van der Waals surface area contributed by atoms with E-state index in [2.05, 4.69) is 13.2 Å². The predicted octanol–water partition coefficient (Wildman–Crippen LogP) is 3.42. The number of hydrogen-bond donors (Lipinski definition) is 0. The first-order chi connectivity index (χ1) is 5.31. The molecule has 0 aliphatic carbocycles. The molecule has 0 unspecified atom stereocenters. The van der Waals surface area contributed by atoms with Gasteiger partial charge in [0.15, 0.2) is 0 Å². The Morgan fingerprint density at radius 1 is 1.00 bits per heavy atom. The third-order valence-corrected chi connectivity index (χ3v) is 1.10. The van der Waals surface area contributed by atoms with Crippen LogP contribution in [0.15, 0.2) is 61.3 Å². The average molecular weight is 146 g/mol. The largest absolute Gasteiger partial charge is 0.0991 e. The van der Waals surface area contributed by atoms with Crippen LogP contribution >= 0.6 is 0 Å². The molecule has 0 amide bonds. The lowest BCUT2D eigenvalue weighted by molar-refractivity contribution is 1.52. The topological polar surface area (TPSA) is 0 Å². The van der Waals surface area contributed by atoms with Crippen molar-refractivity contribution in [3.63, 3.8) is 0 Å². The van der Waals surface area contributed by atoms with E-state index < -0.39 is 0 Å². The van der Waals surface area contributed by atoms with Gasteiger partial charge in [-0.2, -0.15) is 0 Å². The van der Waals surface area contributed by atoms with Crippen molar-refractivity contribution in [2.24, 2.45) is 0 Å². The second-order valence-corrected chi connectivity index (χ2v) is 2.13. The fourth-order valence-corrected chi connectivity index (χ4v) is 0.592. The molecule has 0 N–H and O–H groups in total. The summed E-state index contributed by atoms with van der Waals surface area (Å²) in [5, 5.41) is 0. The molecule has 11 heavy (non-hydrogen) atoms. The van der Waals surface area contributed by atoms with E-state index in [1.807, 2.05) is 37.3 Å². The summed E-state index contributed by atoms with van der Waals surface area (Å²) >= 11 is 0. The summed E-state index contributed by atoms with van der Waals surface area (Å²) in [6, 6.07) is 0. The Hall–Kier alpha value is -1.30. The van der Waals surface area contributed by atoms with Crippen molar-refractivity contribution in [3.8, 4) is 0 Å². The molecule has 0 atom stereocenters. The van der Waals surface area contributed by atoms with Crippen LogP contribution < -0.4 is 0 Å². The Bertz CT molecular complexity index is 202. The molecule has 0 aliphatic heterocycles. The van der Waals surface area contributed by atoms with Gasteiger partial charge in [-0.15, -0.1) is 0 Å². The summed E-state index contributed by atoms with van der Waals surface area (Å²) in [4.78, 5) is 0. The highest BCUT2D eigenvalue weighted by Gasteiger charge is 1.73. The van der Waals surface area contributed by atoms with Crippen LogP contribution in [0.25, 0.3) is 0 Å². The van der Waals surface area contributed by atoms with Crippen molar-refractivity contribution in [1.82, 2.24) is 0 Å². The van der Waals surface area contributed by atoms with Gasteiger partial charge in [0.05, 0.1) is 0 Å². The molecular weight excluding hydrogens is 132 g/mol. The smallest absolute Gasteiger partial charge is 0.0398 e. The second kappa shape index (κ2) is 6.81. The minimum atomic E-state index is 1.19. The van der Waals surface area contributed by atoms with Gasteiger partial charge >= 0.3 is 0 Å². The van der Waals surface area contributed by atoms with Crippen LogP contribution in [0.3, 0.4) is 0 Å². The molecule has 0 bridgehead atoms. The Morgan fingerprint density at radius 2 is 1.73 bits per heavy atom. The number of allylic oxidation sites excluding steroid dienone is 8. The SMILES string of the molecule is C=C\C=C/C=C\C(C)=C\C=C. The average Bonchev–Trinajstić information content (AvgIpc) is 1.99. The van der Waals surface area contributed by atoms with Crippen LogP contribution in [-0.4, -0.2) is 0 Å². The molecule has 0 nitrogen and oxygen atoms in total. The highest BCUT2D eigenvalue weighted by atomic mass is 13.8. The summed E-state index contributed by atoms with van der Waals surface area (Å²) in [5.74, 6) is 0. The normalized spacial score (nSPS) is 12.6. The number of rotatable bonds is 4. The van der Waals surface area contributed by atoms with Gasteiger partial charge in [-0.3, -0.25) is 0 Å². The standard InChI is InChI=1S/C11H14/c1-4-6-7-8-10-11(3)9-5-2/h4-10H,1-2H2,3H3/b7-6-,10-8-,11-9+. The fraction of sp³-hybridized carbons (Fsp3) is 0.0909. The Kier molecular flexibility index (Phi) is 6.01. The fourth-order valence-electron chi connectivity index (χ4n) is 0.592. The second-order valence-electron chi connectivity index (χ2n) is 2.13. The van der Waals surface area contributed by atoms with E-state index in [9.17, 15) is 0 Å². The van der Waals surface area contributed by atoms with Gasteiger partial charge in [0.25, 0.3) is 0 Å². The molecule has 0 saturated heterocycles. The van der Waals surface area contributed by atoms with E-state index in [1.54, 1.807) is 12.2 Å². The minimum Gasteiger partial charge on any atom is -0.0991 e. The summed E-state index contributed by atoms with van der Waals surface area (Å²) in [5.41, 5.74) is 1.19. The Morgan fingerprint density at radius 3 is 2.27 bits per heavy atom. The van der Waals surface area contributed by atoms with Gasteiger partial charge in [-0.05, 0) is 6.92 Å². The molecular formula is C11H14. The van der Waals surface area contributed by atoms with Gasteiger partial charge in [0.1, 0.15) is 0 Å². The molecule has 0 aliphatic rings. The Balaban J connectivity index is 3.91. The van der Waals surface area contributed by atoms with Gasteiger partial charge < -0.3 is 0 Å². The molecule has 58 valence electrons. The summed E-state index contributed by atoms with van der Waals surface area (Å²) in [6.07, 6.45) is 13.3. The molecule has 0 aromatic rings. The lowest BCUT2D eigenvalue weighted by Crippen LogP contribution is -1.63. The maximum absolute atomic E-state index is 3.60. The lowest BCUT2D eigenvalue weighted by Gasteiger charge is -1.84. The molecule has 0 fully saturated rings. The maximum Gasteiger partial charge on any atom is -0.0398 e. The number of hydrogen-bond acceptors (Lipinski definition) is 0. The van der Waals surface area contributed by atoms with Crippen LogP contribution in [0.5, 0.6) is 0 Å². The zero-order valence-corrected chi connectivity index (χ0v) is 6.96. The van der Waals surface area contributed by atoms with E-state index in [-0.39, 0.29) is 0 Å². The minimum absolute atomic E-state index is 1.19. The van der Waals surface area contributed by atoms with Crippen LogP contribution in [0.2, 0.25) is 0 Å². The Labute approximate surface area is 68.9 Å².